The van der Waals surface area contributed by atoms with Gasteiger partial charge in [0.15, 0.2) is 0 Å². The maximum Gasteiger partial charge on any atom is 0.0924 e. The summed E-state index contributed by atoms with van der Waals surface area (Å²) in [6.07, 6.45) is 3.84. The van der Waals surface area contributed by atoms with Crippen molar-refractivity contribution >= 4 is 0 Å². The number of hydrogen-bond donors (Lipinski definition) is 1. The molecule has 1 saturated heterocycles. The lowest BCUT2D eigenvalue weighted by Crippen LogP contribution is -2.27. The monoisotopic (exact) mass is 168 g/mol. The average Bonchev–Trinajstić information content (AvgIpc) is 2.57. The number of rotatable bonds is 4. The molecule has 0 aromatic carbocycles. The van der Waals surface area contributed by atoms with Gasteiger partial charge in [-0.3, -0.25) is 0 Å². The van der Waals surface area contributed by atoms with E-state index in [0.717, 1.165) is 19.6 Å². The van der Waals surface area contributed by atoms with Crippen molar-refractivity contribution in [3.05, 3.63) is 0 Å². The van der Waals surface area contributed by atoms with Crippen molar-refractivity contribution in [3.8, 4) is 6.07 Å². The molecule has 2 atom stereocenters. The van der Waals surface area contributed by atoms with Crippen LogP contribution in [-0.2, 0) is 4.74 Å². The third kappa shape index (κ3) is 3.21. The van der Waals surface area contributed by atoms with Crippen LogP contribution in [0.3, 0.4) is 0 Å². The molecule has 1 fully saturated rings. The van der Waals surface area contributed by atoms with E-state index in [-0.39, 0.29) is 6.04 Å². The molecule has 1 heterocycles. The first-order chi connectivity index (χ1) is 5.83. The zero-order chi connectivity index (χ0) is 8.81. The molecule has 0 aromatic heterocycles. The zero-order valence-corrected chi connectivity index (χ0v) is 7.55. The van der Waals surface area contributed by atoms with Crippen LogP contribution in [0, 0.1) is 11.3 Å². The molecule has 2 unspecified atom stereocenters. The fourth-order valence-corrected chi connectivity index (χ4v) is 1.38. The molecule has 0 aromatic rings. The molecular weight excluding hydrogens is 152 g/mol. The van der Waals surface area contributed by atoms with Crippen molar-refractivity contribution < 1.29 is 4.74 Å². The van der Waals surface area contributed by atoms with E-state index in [9.17, 15) is 0 Å². The van der Waals surface area contributed by atoms with Crippen molar-refractivity contribution in [2.45, 2.75) is 38.3 Å². The first-order valence-corrected chi connectivity index (χ1v) is 4.57. The first-order valence-electron chi connectivity index (χ1n) is 4.57. The topological polar surface area (TPSA) is 45.0 Å². The highest BCUT2D eigenvalue weighted by Gasteiger charge is 2.14. The molecule has 0 radical (unpaired) electrons. The van der Waals surface area contributed by atoms with Gasteiger partial charge in [-0.1, -0.05) is 0 Å². The van der Waals surface area contributed by atoms with Crippen LogP contribution in [0.2, 0.25) is 0 Å². The molecule has 0 bridgehead atoms. The summed E-state index contributed by atoms with van der Waals surface area (Å²) in [5.74, 6) is 0. The van der Waals surface area contributed by atoms with Gasteiger partial charge in [0, 0.05) is 6.61 Å². The van der Waals surface area contributed by atoms with E-state index < -0.39 is 0 Å². The largest absolute Gasteiger partial charge is 0.378 e. The summed E-state index contributed by atoms with van der Waals surface area (Å²) >= 11 is 0. The van der Waals surface area contributed by atoms with E-state index in [1.807, 2.05) is 6.92 Å². The van der Waals surface area contributed by atoms with Crippen LogP contribution < -0.4 is 5.32 Å². The van der Waals surface area contributed by atoms with Crippen molar-refractivity contribution in [3.63, 3.8) is 0 Å². The summed E-state index contributed by atoms with van der Waals surface area (Å²) in [4.78, 5) is 0. The molecule has 0 amide bonds. The highest BCUT2D eigenvalue weighted by atomic mass is 16.5. The standard InChI is InChI=1S/C9H16N2O/c1-8(7-10)11-5-4-9-3-2-6-12-9/h8-9,11H,2-6H2,1H3. The molecule has 12 heavy (non-hydrogen) atoms. The van der Waals surface area contributed by atoms with Gasteiger partial charge >= 0.3 is 0 Å². The normalized spacial score (nSPS) is 25.2. The van der Waals surface area contributed by atoms with Gasteiger partial charge in [0.2, 0.25) is 0 Å². The highest BCUT2D eigenvalue weighted by Crippen LogP contribution is 2.14. The summed E-state index contributed by atoms with van der Waals surface area (Å²) in [5.41, 5.74) is 0. The highest BCUT2D eigenvalue weighted by molar-refractivity contribution is 4.85. The second-order valence-electron chi connectivity index (χ2n) is 3.23. The Bertz CT molecular complexity index is 158. The molecule has 3 nitrogen and oxygen atoms in total. The average molecular weight is 168 g/mol. The fourth-order valence-electron chi connectivity index (χ4n) is 1.38. The minimum absolute atomic E-state index is 0.0357. The minimum Gasteiger partial charge on any atom is -0.378 e. The Morgan fingerprint density at radius 2 is 2.58 bits per heavy atom. The van der Waals surface area contributed by atoms with Crippen LogP contribution in [0.15, 0.2) is 0 Å². The van der Waals surface area contributed by atoms with E-state index in [1.165, 1.54) is 12.8 Å². The number of nitriles is 1. The number of hydrogen-bond acceptors (Lipinski definition) is 3. The number of nitrogens with one attached hydrogen (secondary N) is 1. The molecule has 1 aliphatic rings. The van der Waals surface area contributed by atoms with Gasteiger partial charge in [-0.25, -0.2) is 0 Å². The maximum atomic E-state index is 8.48. The van der Waals surface area contributed by atoms with E-state index in [0.29, 0.717) is 6.10 Å². The van der Waals surface area contributed by atoms with Crippen LogP contribution in [0.4, 0.5) is 0 Å². The molecule has 3 heteroatoms. The van der Waals surface area contributed by atoms with Gasteiger partial charge in [-0.05, 0) is 32.7 Å². The lowest BCUT2D eigenvalue weighted by Gasteiger charge is -2.10. The van der Waals surface area contributed by atoms with Crippen molar-refractivity contribution in [2.75, 3.05) is 13.2 Å². The quantitative estimate of drug-likeness (QED) is 0.682. The second-order valence-corrected chi connectivity index (χ2v) is 3.23. The van der Waals surface area contributed by atoms with Crippen molar-refractivity contribution in [1.82, 2.24) is 5.32 Å². The van der Waals surface area contributed by atoms with Gasteiger partial charge in [0.25, 0.3) is 0 Å². The molecule has 0 saturated carbocycles. The van der Waals surface area contributed by atoms with Crippen LogP contribution in [0.1, 0.15) is 26.2 Å². The third-order valence-corrected chi connectivity index (χ3v) is 2.13. The fraction of sp³-hybridized carbons (Fsp3) is 0.889. The van der Waals surface area contributed by atoms with Crippen LogP contribution in [-0.4, -0.2) is 25.3 Å². The summed E-state index contributed by atoms with van der Waals surface area (Å²) in [6.45, 7) is 3.67. The van der Waals surface area contributed by atoms with E-state index in [2.05, 4.69) is 11.4 Å². The summed E-state index contributed by atoms with van der Waals surface area (Å²) in [5, 5.41) is 11.6. The second kappa shape index (κ2) is 5.13. The predicted octanol–water partition coefficient (Wildman–Crippen LogP) is 1.06. The van der Waals surface area contributed by atoms with E-state index >= 15 is 0 Å². The Kier molecular flexibility index (Phi) is 4.06. The van der Waals surface area contributed by atoms with Gasteiger partial charge in [-0.15, -0.1) is 0 Å². The minimum atomic E-state index is -0.0357. The third-order valence-electron chi connectivity index (χ3n) is 2.13. The Balaban J connectivity index is 1.98. The van der Waals surface area contributed by atoms with Gasteiger partial charge < -0.3 is 10.1 Å². The molecule has 1 rings (SSSR count). The molecule has 68 valence electrons. The van der Waals surface area contributed by atoms with Crippen LogP contribution >= 0.6 is 0 Å². The molecule has 0 aliphatic carbocycles. The van der Waals surface area contributed by atoms with Crippen molar-refractivity contribution in [1.29, 1.82) is 5.26 Å². The first kappa shape index (κ1) is 9.50. The molecule has 1 N–H and O–H groups in total. The van der Waals surface area contributed by atoms with Crippen LogP contribution in [0.25, 0.3) is 0 Å². The lowest BCUT2D eigenvalue weighted by atomic mass is 10.2. The van der Waals surface area contributed by atoms with E-state index in [1.54, 1.807) is 0 Å². The number of nitrogens with zero attached hydrogens (tertiary/aromatic N) is 1. The summed E-state index contributed by atoms with van der Waals surface area (Å²) in [6, 6.07) is 2.10. The predicted molar refractivity (Wildman–Crippen MR) is 46.7 cm³/mol. The van der Waals surface area contributed by atoms with E-state index in [4.69, 9.17) is 10.00 Å². The van der Waals surface area contributed by atoms with Gasteiger partial charge in [0.05, 0.1) is 18.2 Å². The smallest absolute Gasteiger partial charge is 0.0924 e. The summed E-state index contributed by atoms with van der Waals surface area (Å²) in [7, 11) is 0. The Morgan fingerprint density at radius 1 is 1.75 bits per heavy atom. The van der Waals surface area contributed by atoms with Crippen LogP contribution in [0.5, 0.6) is 0 Å². The Morgan fingerprint density at radius 3 is 3.17 bits per heavy atom. The lowest BCUT2D eigenvalue weighted by molar-refractivity contribution is 0.104. The maximum absolute atomic E-state index is 8.48. The molecular formula is C9H16N2O. The molecule has 0 spiro atoms. The SMILES string of the molecule is CC(C#N)NCCC1CCCO1. The van der Waals surface area contributed by atoms with Crippen molar-refractivity contribution in [2.24, 2.45) is 0 Å². The number of ether oxygens (including phenoxy) is 1. The summed E-state index contributed by atoms with van der Waals surface area (Å²) < 4.78 is 5.45. The molecule has 1 aliphatic heterocycles. The van der Waals surface area contributed by atoms with Gasteiger partial charge in [0.1, 0.15) is 0 Å². The Labute approximate surface area is 73.7 Å². The van der Waals surface area contributed by atoms with Gasteiger partial charge in [-0.2, -0.15) is 5.26 Å². The Hall–Kier alpha value is -0.590. The zero-order valence-electron chi connectivity index (χ0n) is 7.55.